The van der Waals surface area contributed by atoms with Crippen LogP contribution in [0.2, 0.25) is 0 Å². The number of rotatable bonds is 8. The number of aryl methyl sites for hydroxylation is 2. The summed E-state index contributed by atoms with van der Waals surface area (Å²) in [4.78, 5) is 16.3. The van der Waals surface area contributed by atoms with Gasteiger partial charge >= 0.3 is 0 Å². The predicted octanol–water partition coefficient (Wildman–Crippen LogP) is 1.22. The van der Waals surface area contributed by atoms with Gasteiger partial charge in [-0.05, 0) is 17.4 Å². The number of aromatic nitrogens is 6. The molecule has 1 N–H and O–H groups in total. The smallest absolute Gasteiger partial charge is 0.263 e. The Kier molecular flexibility index (Phi) is 5.86. The summed E-state index contributed by atoms with van der Waals surface area (Å²) in [5.41, 5.74) is 0.728. The lowest BCUT2D eigenvalue weighted by Crippen LogP contribution is -2.20. The summed E-state index contributed by atoms with van der Waals surface area (Å²) in [5.74, 6) is 1.92. The van der Waals surface area contributed by atoms with Crippen molar-refractivity contribution in [3.8, 4) is 11.5 Å². The average molecular weight is 391 g/mol. The van der Waals surface area contributed by atoms with Crippen LogP contribution in [0.4, 0.5) is 5.82 Å². The van der Waals surface area contributed by atoms with E-state index < -0.39 is 0 Å². The molecule has 0 spiro atoms. The van der Waals surface area contributed by atoms with E-state index in [4.69, 9.17) is 14.0 Å². The lowest BCUT2D eigenvalue weighted by molar-refractivity contribution is -0.118. The standard InChI is InChI=1S/C15H17N7O4S/c1-9-4-13(19-26-9)17-14(23)7-25-11-5-10(16-6-12(11)24-3)8-27-15-18-20-21-22(15)2/h4-6H,7-8H2,1-3H3,(H,17,19,23). The van der Waals surface area contributed by atoms with E-state index in [-0.39, 0.29) is 12.5 Å². The number of carbonyl (C=O) groups is 1. The minimum absolute atomic E-state index is 0.216. The van der Waals surface area contributed by atoms with Crippen molar-refractivity contribution in [2.24, 2.45) is 7.05 Å². The normalized spacial score (nSPS) is 10.6. The lowest BCUT2D eigenvalue weighted by atomic mass is 10.3. The first-order valence-corrected chi connectivity index (χ1v) is 8.77. The molecule has 1 amide bonds. The molecular formula is C15H17N7O4S. The molecule has 3 aromatic rings. The van der Waals surface area contributed by atoms with Gasteiger partial charge in [-0.2, -0.15) is 0 Å². The van der Waals surface area contributed by atoms with E-state index in [1.54, 1.807) is 37.0 Å². The van der Waals surface area contributed by atoms with Gasteiger partial charge in [0.2, 0.25) is 5.16 Å². The molecule has 0 unspecified atom stereocenters. The SMILES string of the molecule is COc1cnc(CSc2nnnn2C)cc1OCC(=O)Nc1cc(C)on1. The van der Waals surface area contributed by atoms with Gasteiger partial charge in [0.1, 0.15) is 5.76 Å². The third-order valence-electron chi connectivity index (χ3n) is 3.29. The molecule has 0 radical (unpaired) electrons. The van der Waals surface area contributed by atoms with Gasteiger partial charge in [-0.15, -0.1) is 5.10 Å². The lowest BCUT2D eigenvalue weighted by Gasteiger charge is -2.11. The Bertz CT molecular complexity index is 927. The molecule has 0 aromatic carbocycles. The molecule has 27 heavy (non-hydrogen) atoms. The molecule has 0 saturated heterocycles. The van der Waals surface area contributed by atoms with Gasteiger partial charge in [0.05, 0.1) is 19.0 Å². The zero-order valence-electron chi connectivity index (χ0n) is 14.9. The maximum atomic E-state index is 12.0. The molecule has 3 rings (SSSR count). The Morgan fingerprint density at radius 1 is 1.37 bits per heavy atom. The summed E-state index contributed by atoms with van der Waals surface area (Å²) in [5, 5.41) is 18.2. The third kappa shape index (κ3) is 4.94. The molecule has 0 fully saturated rings. The van der Waals surface area contributed by atoms with Crippen molar-refractivity contribution < 1.29 is 18.8 Å². The van der Waals surface area contributed by atoms with E-state index in [1.807, 2.05) is 0 Å². The van der Waals surface area contributed by atoms with Crippen molar-refractivity contribution in [3.05, 3.63) is 29.8 Å². The first-order valence-electron chi connectivity index (χ1n) is 7.79. The van der Waals surface area contributed by atoms with Crippen LogP contribution in [0.25, 0.3) is 0 Å². The van der Waals surface area contributed by atoms with E-state index in [1.165, 1.54) is 18.9 Å². The third-order valence-corrected chi connectivity index (χ3v) is 4.34. The molecule has 0 saturated carbocycles. The van der Waals surface area contributed by atoms with Crippen molar-refractivity contribution in [1.82, 2.24) is 30.3 Å². The van der Waals surface area contributed by atoms with E-state index >= 15 is 0 Å². The summed E-state index contributed by atoms with van der Waals surface area (Å²) < 4.78 is 17.3. The number of tetrazole rings is 1. The van der Waals surface area contributed by atoms with Gasteiger partial charge in [0, 0.05) is 24.9 Å². The van der Waals surface area contributed by atoms with Crippen LogP contribution in [0.15, 0.2) is 28.0 Å². The molecule has 3 heterocycles. The molecule has 0 atom stereocenters. The summed E-state index contributed by atoms with van der Waals surface area (Å²) in [7, 11) is 3.26. The highest BCUT2D eigenvalue weighted by Gasteiger charge is 2.12. The van der Waals surface area contributed by atoms with E-state index in [0.717, 1.165) is 5.69 Å². The van der Waals surface area contributed by atoms with Crippen LogP contribution in [0.5, 0.6) is 11.5 Å². The Morgan fingerprint density at radius 3 is 2.89 bits per heavy atom. The highest BCUT2D eigenvalue weighted by atomic mass is 32.2. The predicted molar refractivity (Wildman–Crippen MR) is 94.5 cm³/mol. The zero-order valence-corrected chi connectivity index (χ0v) is 15.7. The number of thioether (sulfide) groups is 1. The van der Waals surface area contributed by atoms with Gasteiger partial charge in [-0.3, -0.25) is 9.78 Å². The van der Waals surface area contributed by atoms with Gasteiger partial charge < -0.3 is 19.3 Å². The number of hydrogen-bond donors (Lipinski definition) is 1. The number of hydrogen-bond acceptors (Lipinski definition) is 10. The number of carbonyl (C=O) groups excluding carboxylic acids is 1. The quantitative estimate of drug-likeness (QED) is 0.559. The maximum absolute atomic E-state index is 12.0. The van der Waals surface area contributed by atoms with Crippen LogP contribution in [-0.2, 0) is 17.6 Å². The second kappa shape index (κ2) is 8.49. The molecule has 142 valence electrons. The molecule has 11 nitrogen and oxygen atoms in total. The fourth-order valence-corrected chi connectivity index (χ4v) is 2.79. The molecular weight excluding hydrogens is 374 g/mol. The van der Waals surface area contributed by atoms with Crippen molar-refractivity contribution in [3.63, 3.8) is 0 Å². The van der Waals surface area contributed by atoms with Crippen LogP contribution in [0.3, 0.4) is 0 Å². The summed E-state index contributed by atoms with van der Waals surface area (Å²) in [6, 6.07) is 3.32. The Hall–Kier alpha value is -3.15. The van der Waals surface area contributed by atoms with Crippen LogP contribution in [-0.4, -0.2) is 50.0 Å². The van der Waals surface area contributed by atoms with Crippen LogP contribution >= 0.6 is 11.8 Å². The Labute approximate surface area is 158 Å². The number of nitrogens with zero attached hydrogens (tertiary/aromatic N) is 6. The highest BCUT2D eigenvalue weighted by molar-refractivity contribution is 7.98. The highest BCUT2D eigenvalue weighted by Crippen LogP contribution is 2.28. The minimum Gasteiger partial charge on any atom is -0.491 e. The minimum atomic E-state index is -0.372. The number of pyridine rings is 1. The number of anilines is 1. The number of nitrogens with one attached hydrogen (secondary N) is 1. The molecule has 0 aliphatic heterocycles. The van der Waals surface area contributed by atoms with E-state index in [0.29, 0.717) is 34.0 Å². The monoisotopic (exact) mass is 391 g/mol. The van der Waals surface area contributed by atoms with Gasteiger partial charge in [-0.1, -0.05) is 16.9 Å². The van der Waals surface area contributed by atoms with Crippen molar-refractivity contribution in [2.45, 2.75) is 17.8 Å². The summed E-state index contributed by atoms with van der Waals surface area (Å²) >= 11 is 1.43. The fourth-order valence-electron chi connectivity index (χ4n) is 2.04. The maximum Gasteiger partial charge on any atom is 0.263 e. The van der Waals surface area contributed by atoms with Gasteiger partial charge in [0.15, 0.2) is 23.9 Å². The topological polar surface area (TPSA) is 130 Å². The van der Waals surface area contributed by atoms with Crippen molar-refractivity contribution in [1.29, 1.82) is 0 Å². The second-order valence-electron chi connectivity index (χ2n) is 5.36. The largest absolute Gasteiger partial charge is 0.491 e. The fraction of sp³-hybridized carbons (Fsp3) is 0.333. The molecule has 0 aliphatic rings. The number of amides is 1. The summed E-state index contributed by atoms with van der Waals surface area (Å²) in [6.45, 7) is 1.52. The van der Waals surface area contributed by atoms with Crippen LogP contribution in [0.1, 0.15) is 11.5 Å². The van der Waals surface area contributed by atoms with Gasteiger partial charge in [-0.25, -0.2) is 4.68 Å². The molecule has 0 aliphatic carbocycles. The van der Waals surface area contributed by atoms with Crippen molar-refractivity contribution >= 4 is 23.5 Å². The van der Waals surface area contributed by atoms with E-state index in [9.17, 15) is 4.79 Å². The van der Waals surface area contributed by atoms with Crippen molar-refractivity contribution in [2.75, 3.05) is 19.0 Å². The van der Waals surface area contributed by atoms with E-state index in [2.05, 4.69) is 31.0 Å². The average Bonchev–Trinajstić information content (AvgIpc) is 3.26. The van der Waals surface area contributed by atoms with Crippen LogP contribution < -0.4 is 14.8 Å². The Balaban J connectivity index is 1.61. The first-order chi connectivity index (χ1) is 13.0. The summed E-state index contributed by atoms with van der Waals surface area (Å²) in [6.07, 6.45) is 1.54. The zero-order chi connectivity index (χ0) is 19.2. The number of methoxy groups -OCH3 is 1. The van der Waals surface area contributed by atoms with Crippen LogP contribution in [0, 0.1) is 6.92 Å². The second-order valence-corrected chi connectivity index (χ2v) is 6.30. The molecule has 0 bridgehead atoms. The Morgan fingerprint density at radius 2 is 2.22 bits per heavy atom. The first kappa shape index (κ1) is 18.6. The molecule has 3 aromatic heterocycles. The number of ether oxygens (including phenoxy) is 2. The molecule has 12 heteroatoms. The van der Waals surface area contributed by atoms with Gasteiger partial charge in [0.25, 0.3) is 5.91 Å².